The first-order valence-electron chi connectivity index (χ1n) is 32.9. The van der Waals surface area contributed by atoms with Crippen LogP contribution in [0, 0.1) is 0 Å². The van der Waals surface area contributed by atoms with Crippen LogP contribution in [-0.4, -0.2) is 11.3 Å². The monoisotopic (exact) mass is 1170 g/mol. The van der Waals surface area contributed by atoms with Crippen LogP contribution in [0.2, 0.25) is 0 Å². The lowest BCUT2D eigenvalue weighted by Crippen LogP contribution is -2.61. The van der Waals surface area contributed by atoms with Crippen LogP contribution in [0.3, 0.4) is 0 Å². The molecule has 0 bridgehead atoms. The fraction of sp³-hybridized carbons (Fsp3) is 0.233. The fourth-order valence-electron chi connectivity index (χ4n) is 16.4. The summed E-state index contributed by atoms with van der Waals surface area (Å²) >= 11 is 0. The van der Waals surface area contributed by atoms with Gasteiger partial charge in [-0.3, -0.25) is 0 Å². The first kappa shape index (κ1) is 56.1. The Balaban J connectivity index is 0.945. The van der Waals surface area contributed by atoms with Gasteiger partial charge in [-0.1, -0.05) is 246 Å². The second-order valence-electron chi connectivity index (χ2n) is 30.2. The van der Waals surface area contributed by atoms with E-state index >= 15 is 0 Å². The molecule has 16 rings (SSSR count). The van der Waals surface area contributed by atoms with Gasteiger partial charge in [-0.25, -0.2) is 0 Å². The van der Waals surface area contributed by atoms with Crippen LogP contribution in [-0.2, 0) is 27.1 Å². The standard InChI is InChI=1S/C86H80BN3/c1-82(2,3)68-26-18-15-23-65(68)60-35-43-73-77(51-60)88(62-36-29-56(30-37-62)58-33-41-69-71(49-58)85(8,9)47-45-83(69,4)5)79-52-61(55-21-13-12-14-22-55)53-80-81(79)87(73)74-44-40-64(90-75-27-19-16-24-66(75)67-25-17-20-28-76(67)90)54-78(74)89(80)63-38-31-57(32-39-63)59-34-42-70-72(50-59)86(10,11)48-46-84(70,6)7/h12-44,49-54H,45-48H2,1-11H3. The highest BCUT2D eigenvalue weighted by molar-refractivity contribution is 7.00. The molecule has 3 heterocycles. The molecule has 0 N–H and O–H groups in total. The van der Waals surface area contributed by atoms with Crippen molar-refractivity contribution in [3.8, 4) is 50.2 Å². The van der Waals surface area contributed by atoms with Gasteiger partial charge in [0, 0.05) is 50.6 Å². The normalized spacial score (nSPS) is 16.5. The van der Waals surface area contributed by atoms with Crippen molar-refractivity contribution in [3.63, 3.8) is 0 Å². The second-order valence-corrected chi connectivity index (χ2v) is 30.2. The molecule has 12 aromatic rings. The minimum Gasteiger partial charge on any atom is -0.311 e. The third-order valence-electron chi connectivity index (χ3n) is 21.7. The Bertz CT molecular complexity index is 4820. The molecule has 4 aliphatic rings. The van der Waals surface area contributed by atoms with Gasteiger partial charge in [-0.2, -0.15) is 0 Å². The van der Waals surface area contributed by atoms with E-state index in [9.17, 15) is 0 Å². The molecule has 2 aliphatic heterocycles. The zero-order valence-corrected chi connectivity index (χ0v) is 54.3. The number of para-hydroxylation sites is 2. The number of benzene rings is 11. The zero-order chi connectivity index (χ0) is 61.8. The van der Waals surface area contributed by atoms with Crippen LogP contribution in [0.5, 0.6) is 0 Å². The largest absolute Gasteiger partial charge is 0.311 e. The van der Waals surface area contributed by atoms with E-state index in [4.69, 9.17) is 0 Å². The summed E-state index contributed by atoms with van der Waals surface area (Å²) in [6, 6.07) is 91.3. The maximum atomic E-state index is 2.61. The Kier molecular flexibility index (Phi) is 12.6. The fourth-order valence-corrected chi connectivity index (χ4v) is 16.4. The van der Waals surface area contributed by atoms with Crippen molar-refractivity contribution >= 4 is 79.0 Å². The summed E-state index contributed by atoms with van der Waals surface area (Å²) < 4.78 is 2.48. The Hall–Kier alpha value is -9.12. The Morgan fingerprint density at radius 1 is 0.322 bits per heavy atom. The highest BCUT2D eigenvalue weighted by atomic mass is 15.2. The lowest BCUT2D eigenvalue weighted by Gasteiger charge is -2.45. The lowest BCUT2D eigenvalue weighted by molar-refractivity contribution is 0.332. The first-order chi connectivity index (χ1) is 43.2. The van der Waals surface area contributed by atoms with Gasteiger partial charge in [-0.15, -0.1) is 0 Å². The Labute approximate surface area is 533 Å². The number of nitrogens with zero attached hydrogens (tertiary/aromatic N) is 3. The molecule has 0 atom stereocenters. The van der Waals surface area contributed by atoms with Gasteiger partial charge in [-0.05, 0) is 208 Å². The molecule has 0 saturated carbocycles. The summed E-state index contributed by atoms with van der Waals surface area (Å²) in [6.07, 6.45) is 4.76. The van der Waals surface area contributed by atoms with Crippen LogP contribution in [0.1, 0.15) is 130 Å². The molecule has 4 heteroatoms. The van der Waals surface area contributed by atoms with E-state index in [1.54, 1.807) is 0 Å². The van der Waals surface area contributed by atoms with E-state index in [0.29, 0.717) is 0 Å². The second kappa shape index (κ2) is 20.2. The zero-order valence-electron chi connectivity index (χ0n) is 54.3. The predicted molar refractivity (Wildman–Crippen MR) is 386 cm³/mol. The van der Waals surface area contributed by atoms with Gasteiger partial charge in [0.2, 0.25) is 0 Å². The van der Waals surface area contributed by atoms with E-state index in [-0.39, 0.29) is 33.8 Å². The van der Waals surface area contributed by atoms with Crippen molar-refractivity contribution in [1.29, 1.82) is 0 Å². The quantitative estimate of drug-likeness (QED) is 0.147. The summed E-state index contributed by atoms with van der Waals surface area (Å²) in [5.74, 6) is 0. The molecule has 90 heavy (non-hydrogen) atoms. The maximum Gasteiger partial charge on any atom is 0.252 e. The van der Waals surface area contributed by atoms with Gasteiger partial charge in [0.25, 0.3) is 6.71 Å². The molecule has 3 nitrogen and oxygen atoms in total. The van der Waals surface area contributed by atoms with Crippen molar-refractivity contribution in [1.82, 2.24) is 4.57 Å². The summed E-state index contributed by atoms with van der Waals surface area (Å²) in [5, 5.41) is 2.51. The smallest absolute Gasteiger partial charge is 0.252 e. The van der Waals surface area contributed by atoms with Crippen molar-refractivity contribution in [2.75, 3.05) is 9.80 Å². The van der Waals surface area contributed by atoms with Gasteiger partial charge in [0.1, 0.15) is 0 Å². The predicted octanol–water partition coefficient (Wildman–Crippen LogP) is 21.5. The molecular formula is C86H80BN3. The van der Waals surface area contributed by atoms with Gasteiger partial charge >= 0.3 is 0 Å². The number of anilines is 6. The first-order valence-corrected chi connectivity index (χ1v) is 32.9. The summed E-state index contributed by atoms with van der Waals surface area (Å²) in [7, 11) is 0. The van der Waals surface area contributed by atoms with Crippen LogP contribution < -0.4 is 26.2 Å². The highest BCUT2D eigenvalue weighted by Gasteiger charge is 2.45. The van der Waals surface area contributed by atoms with Crippen molar-refractivity contribution in [2.24, 2.45) is 0 Å². The van der Waals surface area contributed by atoms with Crippen LogP contribution in [0.25, 0.3) is 72.0 Å². The van der Waals surface area contributed by atoms with Crippen LogP contribution in [0.15, 0.2) is 237 Å². The molecule has 11 aromatic carbocycles. The van der Waals surface area contributed by atoms with Gasteiger partial charge in [0.15, 0.2) is 0 Å². The van der Waals surface area contributed by atoms with E-state index in [1.165, 1.54) is 159 Å². The minimum atomic E-state index is -0.0961. The average molecular weight is 1170 g/mol. The average Bonchev–Trinajstić information content (AvgIpc) is 0.790. The van der Waals surface area contributed by atoms with Crippen molar-refractivity contribution in [3.05, 3.63) is 264 Å². The third-order valence-corrected chi connectivity index (χ3v) is 21.7. The molecular weight excluding hydrogens is 1090 g/mol. The third kappa shape index (κ3) is 8.90. The molecule has 1 aromatic heterocycles. The number of hydrogen-bond acceptors (Lipinski definition) is 2. The van der Waals surface area contributed by atoms with Crippen molar-refractivity contribution < 1.29 is 0 Å². The Morgan fingerprint density at radius 3 is 1.24 bits per heavy atom. The number of fused-ring (bicyclic) bond motifs is 9. The van der Waals surface area contributed by atoms with E-state index < -0.39 is 0 Å². The SMILES string of the molecule is CC(C)(C)c1ccccc1-c1ccc2c(c1)N(c1ccc(-c3ccc4c(c3)C(C)(C)CCC4(C)C)cc1)c1cc(-c3ccccc3)cc3c1B2c1ccc(-n2c4ccccc4c4ccccc42)cc1N3c1ccc(-c2ccc3c(c2)C(C)(C)CCC3(C)C)cc1. The summed E-state index contributed by atoms with van der Waals surface area (Å²) in [6.45, 7) is 26.3. The van der Waals surface area contributed by atoms with Gasteiger partial charge in [0.05, 0.1) is 11.0 Å². The maximum absolute atomic E-state index is 2.61. The molecule has 0 amide bonds. The van der Waals surface area contributed by atoms with Gasteiger partial charge < -0.3 is 14.4 Å². The van der Waals surface area contributed by atoms with Crippen LogP contribution >= 0.6 is 0 Å². The molecule has 0 fully saturated rings. The highest BCUT2D eigenvalue weighted by Crippen LogP contribution is 2.52. The van der Waals surface area contributed by atoms with Crippen molar-refractivity contribution in [2.45, 2.75) is 129 Å². The number of aromatic nitrogens is 1. The van der Waals surface area contributed by atoms with E-state index in [2.05, 4.69) is 327 Å². The van der Waals surface area contributed by atoms with E-state index in [1.807, 2.05) is 0 Å². The topological polar surface area (TPSA) is 11.4 Å². The summed E-state index contributed by atoms with van der Waals surface area (Å²) in [4.78, 5) is 5.22. The molecule has 0 spiro atoms. The van der Waals surface area contributed by atoms with Crippen LogP contribution in [0.4, 0.5) is 34.1 Å². The molecule has 0 saturated heterocycles. The molecule has 442 valence electrons. The lowest BCUT2D eigenvalue weighted by atomic mass is 9.33. The molecule has 2 aliphatic carbocycles. The number of rotatable bonds is 7. The minimum absolute atomic E-state index is 0.0670. The number of hydrogen-bond donors (Lipinski definition) is 0. The molecule has 0 unspecified atom stereocenters. The van der Waals surface area contributed by atoms with E-state index in [0.717, 1.165) is 17.1 Å². The Morgan fingerprint density at radius 2 is 0.722 bits per heavy atom. The molecule has 0 radical (unpaired) electrons. The summed E-state index contributed by atoms with van der Waals surface area (Å²) in [5.41, 5.74) is 32.0.